The molecule has 0 atom stereocenters. The molecule has 0 bridgehead atoms. The van der Waals surface area contributed by atoms with Crippen LogP contribution in [0.3, 0.4) is 0 Å². The Hall–Kier alpha value is -2.60. The number of cyclic esters (lactones) is 1. The van der Waals surface area contributed by atoms with Crippen LogP contribution in [0.2, 0.25) is 0 Å². The SMILES string of the molecule is C=CC(=O)OCCO.O=C1CCCCCO1.O=C=NC1CCC(CC2CCC(N=C=O)CC2)CC1. The van der Waals surface area contributed by atoms with Crippen molar-refractivity contribution in [3.8, 4) is 0 Å². The molecular weight excluding hydrogens is 452 g/mol. The van der Waals surface area contributed by atoms with Gasteiger partial charge in [-0.05, 0) is 88.9 Å². The van der Waals surface area contributed by atoms with E-state index in [1.54, 1.807) is 12.2 Å². The summed E-state index contributed by atoms with van der Waals surface area (Å²) in [6.07, 6.45) is 18.5. The Labute approximate surface area is 208 Å². The fourth-order valence-electron chi connectivity index (χ4n) is 4.65. The highest BCUT2D eigenvalue weighted by molar-refractivity contribution is 5.81. The summed E-state index contributed by atoms with van der Waals surface area (Å²) < 4.78 is 9.10. The molecule has 9 nitrogen and oxygen atoms in total. The molecule has 1 saturated heterocycles. The van der Waals surface area contributed by atoms with Gasteiger partial charge in [0, 0.05) is 12.5 Å². The molecule has 0 aromatic carbocycles. The fourth-order valence-corrected chi connectivity index (χ4v) is 4.65. The third-order valence-electron chi connectivity index (χ3n) is 6.56. The first-order chi connectivity index (χ1) is 17.0. The third kappa shape index (κ3) is 15.1. The minimum atomic E-state index is -0.501. The lowest BCUT2D eigenvalue weighted by Gasteiger charge is -2.31. The number of ether oxygens (including phenoxy) is 2. The van der Waals surface area contributed by atoms with E-state index in [4.69, 9.17) is 9.84 Å². The number of hydrogen-bond donors (Lipinski definition) is 1. The van der Waals surface area contributed by atoms with Gasteiger partial charge in [0.05, 0.1) is 25.3 Å². The van der Waals surface area contributed by atoms with Gasteiger partial charge in [-0.2, -0.15) is 0 Å². The predicted molar refractivity (Wildman–Crippen MR) is 130 cm³/mol. The number of rotatable bonds is 7. The number of carbonyl (C=O) groups excluding carboxylic acids is 4. The average molecular weight is 493 g/mol. The molecule has 0 amide bonds. The standard InChI is InChI=1S/C15H22N2O2.C6H10O2.C5H8O3/c18-10-16-14-5-1-12(2-6-14)9-13-3-7-15(8-4-13)17-11-19;7-6-4-2-1-3-5-8-6;1-2-5(7)8-4-3-6/h12-15H,1-9H2;1-5H2;2,6H,1,3-4H2. The lowest BCUT2D eigenvalue weighted by molar-refractivity contribution is -0.142. The minimum Gasteiger partial charge on any atom is -0.466 e. The maximum absolute atomic E-state index is 10.5. The summed E-state index contributed by atoms with van der Waals surface area (Å²) in [4.78, 5) is 48.7. The normalized spacial score (nSPS) is 25.8. The van der Waals surface area contributed by atoms with E-state index in [0.29, 0.717) is 13.0 Å². The van der Waals surface area contributed by atoms with Crippen LogP contribution in [0.4, 0.5) is 0 Å². The van der Waals surface area contributed by atoms with Gasteiger partial charge >= 0.3 is 11.9 Å². The Balaban J connectivity index is 0.000000316. The molecule has 0 unspecified atom stereocenters. The van der Waals surface area contributed by atoms with Crippen LogP contribution in [0, 0.1) is 11.8 Å². The number of aliphatic hydroxyl groups excluding tert-OH is 1. The van der Waals surface area contributed by atoms with Crippen molar-refractivity contribution in [2.45, 2.75) is 95.6 Å². The smallest absolute Gasteiger partial charge is 0.330 e. The first-order valence-electron chi connectivity index (χ1n) is 12.7. The zero-order valence-corrected chi connectivity index (χ0v) is 20.7. The Morgan fingerprint density at radius 2 is 1.51 bits per heavy atom. The number of esters is 2. The Morgan fingerprint density at radius 1 is 0.971 bits per heavy atom. The molecule has 2 aliphatic carbocycles. The van der Waals surface area contributed by atoms with E-state index in [1.165, 1.54) is 32.1 Å². The number of carbonyl (C=O) groups is 2. The van der Waals surface area contributed by atoms with Gasteiger partial charge in [-0.1, -0.05) is 6.58 Å². The molecule has 3 fully saturated rings. The van der Waals surface area contributed by atoms with Crippen molar-refractivity contribution < 1.29 is 33.8 Å². The van der Waals surface area contributed by atoms with Crippen LogP contribution in [0.15, 0.2) is 22.6 Å². The molecule has 2 saturated carbocycles. The van der Waals surface area contributed by atoms with Crippen LogP contribution in [0.25, 0.3) is 0 Å². The summed E-state index contributed by atoms with van der Waals surface area (Å²) in [5.74, 6) is 1.07. The number of aliphatic hydroxyl groups is 1. The van der Waals surface area contributed by atoms with Gasteiger partial charge in [-0.3, -0.25) is 4.79 Å². The van der Waals surface area contributed by atoms with Gasteiger partial charge in [0.25, 0.3) is 0 Å². The molecule has 0 aromatic heterocycles. The minimum absolute atomic E-state index is 0.0255. The van der Waals surface area contributed by atoms with E-state index in [9.17, 15) is 19.2 Å². The number of aliphatic imine (C=N–C) groups is 2. The molecule has 0 spiro atoms. The van der Waals surface area contributed by atoms with Crippen LogP contribution in [0.1, 0.15) is 83.5 Å². The largest absolute Gasteiger partial charge is 0.466 e. The molecular formula is C26H40N2O7. The highest BCUT2D eigenvalue weighted by Gasteiger charge is 2.26. The highest BCUT2D eigenvalue weighted by atomic mass is 16.5. The quantitative estimate of drug-likeness (QED) is 0.246. The molecule has 196 valence electrons. The second kappa shape index (κ2) is 19.7. The van der Waals surface area contributed by atoms with Crippen molar-refractivity contribution in [3.63, 3.8) is 0 Å². The van der Waals surface area contributed by atoms with Crippen LogP contribution in [-0.2, 0) is 28.7 Å². The topological polar surface area (TPSA) is 132 Å². The van der Waals surface area contributed by atoms with Crippen molar-refractivity contribution in [2.24, 2.45) is 21.8 Å². The van der Waals surface area contributed by atoms with E-state index in [0.717, 1.165) is 62.9 Å². The van der Waals surface area contributed by atoms with Crippen LogP contribution in [-0.4, -0.2) is 61.1 Å². The van der Waals surface area contributed by atoms with Crippen molar-refractivity contribution >= 4 is 24.1 Å². The van der Waals surface area contributed by atoms with Crippen molar-refractivity contribution in [3.05, 3.63) is 12.7 Å². The lowest BCUT2D eigenvalue weighted by atomic mass is 9.76. The van der Waals surface area contributed by atoms with E-state index >= 15 is 0 Å². The first kappa shape index (κ1) is 30.4. The van der Waals surface area contributed by atoms with E-state index in [-0.39, 0.29) is 31.3 Å². The van der Waals surface area contributed by atoms with E-state index in [1.807, 2.05) is 0 Å². The average Bonchev–Trinajstić information content (AvgIpc) is 3.13. The third-order valence-corrected chi connectivity index (χ3v) is 6.56. The summed E-state index contributed by atoms with van der Waals surface area (Å²) in [6.45, 7) is 3.70. The summed E-state index contributed by atoms with van der Waals surface area (Å²) in [5.41, 5.74) is 0. The van der Waals surface area contributed by atoms with Gasteiger partial charge in [0.2, 0.25) is 12.2 Å². The van der Waals surface area contributed by atoms with Crippen LogP contribution < -0.4 is 0 Å². The molecule has 1 N–H and O–H groups in total. The van der Waals surface area contributed by atoms with Crippen LogP contribution >= 0.6 is 0 Å². The number of hydrogen-bond acceptors (Lipinski definition) is 9. The van der Waals surface area contributed by atoms with Crippen molar-refractivity contribution in [1.82, 2.24) is 0 Å². The molecule has 1 heterocycles. The first-order valence-corrected chi connectivity index (χ1v) is 12.7. The molecule has 3 rings (SSSR count). The summed E-state index contributed by atoms with van der Waals surface area (Å²) in [5, 5.41) is 8.10. The molecule has 9 heteroatoms. The Kier molecular flexibility index (Phi) is 17.1. The fraction of sp³-hybridized carbons (Fsp3) is 0.769. The summed E-state index contributed by atoms with van der Waals surface area (Å²) in [6, 6.07) is 0.456. The predicted octanol–water partition coefficient (Wildman–Crippen LogP) is 3.98. The second-order valence-corrected chi connectivity index (χ2v) is 9.15. The van der Waals surface area contributed by atoms with Crippen LogP contribution in [0.5, 0.6) is 0 Å². The molecule has 0 radical (unpaired) electrons. The maximum atomic E-state index is 10.5. The molecule has 3 aliphatic rings. The number of isocyanates is 2. The number of nitrogens with zero attached hydrogens (tertiary/aromatic N) is 2. The molecule has 1 aliphatic heterocycles. The summed E-state index contributed by atoms with van der Waals surface area (Å²) >= 11 is 0. The van der Waals surface area contributed by atoms with E-state index < -0.39 is 5.97 Å². The molecule has 35 heavy (non-hydrogen) atoms. The lowest BCUT2D eigenvalue weighted by Crippen LogP contribution is -2.23. The van der Waals surface area contributed by atoms with Gasteiger partial charge < -0.3 is 14.6 Å². The van der Waals surface area contributed by atoms with Gasteiger partial charge in [-0.25, -0.2) is 24.4 Å². The van der Waals surface area contributed by atoms with E-state index in [2.05, 4.69) is 21.3 Å². The Bertz CT molecular complexity index is 667. The van der Waals surface area contributed by atoms with Gasteiger partial charge in [0.15, 0.2) is 0 Å². The monoisotopic (exact) mass is 492 g/mol. The summed E-state index contributed by atoms with van der Waals surface area (Å²) in [7, 11) is 0. The highest BCUT2D eigenvalue weighted by Crippen LogP contribution is 2.36. The van der Waals surface area contributed by atoms with Gasteiger partial charge in [0.1, 0.15) is 6.61 Å². The zero-order chi connectivity index (χ0) is 25.7. The Morgan fingerprint density at radius 3 is 1.97 bits per heavy atom. The van der Waals surface area contributed by atoms with Crippen molar-refractivity contribution in [2.75, 3.05) is 19.8 Å². The molecule has 0 aromatic rings. The second-order valence-electron chi connectivity index (χ2n) is 9.15. The van der Waals surface area contributed by atoms with Crippen molar-refractivity contribution in [1.29, 1.82) is 0 Å². The zero-order valence-electron chi connectivity index (χ0n) is 20.7. The maximum Gasteiger partial charge on any atom is 0.330 e. The van der Waals surface area contributed by atoms with Gasteiger partial charge in [-0.15, -0.1) is 0 Å².